The average molecular weight is 214 g/mol. The normalized spacial score (nSPS) is 12.7. The lowest BCUT2D eigenvalue weighted by Gasteiger charge is -2.15. The third-order valence-electron chi connectivity index (χ3n) is 3.01. The van der Waals surface area contributed by atoms with Crippen molar-refractivity contribution in [3.05, 3.63) is 42.0 Å². The Morgan fingerprint density at radius 1 is 1.06 bits per heavy atom. The first-order valence-electron chi connectivity index (χ1n) is 5.87. The summed E-state index contributed by atoms with van der Waals surface area (Å²) in [6.45, 7) is 6.38. The lowest BCUT2D eigenvalue weighted by Crippen LogP contribution is -2.09. The molecule has 0 aliphatic carbocycles. The molecular weight excluding hydrogens is 196 g/mol. The van der Waals surface area contributed by atoms with Gasteiger partial charge in [0.2, 0.25) is 0 Å². The van der Waals surface area contributed by atoms with Crippen LogP contribution >= 0.6 is 0 Å². The number of hydrogen-bond acceptors (Lipinski definition) is 1. The smallest absolute Gasteiger partial charge is 0.127 e. The molecule has 1 nitrogen and oxygen atoms in total. The Morgan fingerprint density at radius 2 is 1.75 bits per heavy atom. The molecule has 0 bridgehead atoms. The second kappa shape index (κ2) is 4.56. The van der Waals surface area contributed by atoms with Gasteiger partial charge < -0.3 is 4.74 Å². The van der Waals surface area contributed by atoms with Gasteiger partial charge in [0, 0.05) is 5.39 Å². The summed E-state index contributed by atoms with van der Waals surface area (Å²) in [4.78, 5) is 0. The summed E-state index contributed by atoms with van der Waals surface area (Å²) in [5.41, 5.74) is 1.30. The van der Waals surface area contributed by atoms with E-state index in [9.17, 15) is 0 Å². The number of rotatable bonds is 3. The highest BCUT2D eigenvalue weighted by Crippen LogP contribution is 2.28. The van der Waals surface area contributed by atoms with Crippen molar-refractivity contribution >= 4 is 10.8 Å². The van der Waals surface area contributed by atoms with E-state index in [1.165, 1.54) is 16.3 Å². The quantitative estimate of drug-likeness (QED) is 0.739. The molecule has 16 heavy (non-hydrogen) atoms. The highest BCUT2D eigenvalue weighted by molar-refractivity contribution is 5.90. The fourth-order valence-corrected chi connectivity index (χ4v) is 1.82. The van der Waals surface area contributed by atoms with E-state index in [0.29, 0.717) is 0 Å². The van der Waals surface area contributed by atoms with Gasteiger partial charge in [-0.3, -0.25) is 0 Å². The molecule has 2 aromatic rings. The zero-order chi connectivity index (χ0) is 11.5. The SMILES string of the molecule is CCC(C)Oc1ccc(C)c2ccccc12. The Hall–Kier alpha value is -1.50. The van der Waals surface area contributed by atoms with Crippen LogP contribution in [0, 0.1) is 6.92 Å². The van der Waals surface area contributed by atoms with Gasteiger partial charge in [-0.25, -0.2) is 0 Å². The third-order valence-corrected chi connectivity index (χ3v) is 3.01. The molecule has 1 unspecified atom stereocenters. The standard InChI is InChI=1S/C15H18O/c1-4-12(3)16-15-10-9-11(2)13-7-5-6-8-14(13)15/h5-10,12H,4H2,1-3H3. The molecular formula is C15H18O. The molecule has 84 valence electrons. The van der Waals surface area contributed by atoms with E-state index < -0.39 is 0 Å². The molecule has 0 amide bonds. The molecule has 0 N–H and O–H groups in total. The third kappa shape index (κ3) is 2.04. The minimum absolute atomic E-state index is 0.270. The van der Waals surface area contributed by atoms with Gasteiger partial charge in [-0.1, -0.05) is 37.3 Å². The molecule has 2 rings (SSSR count). The zero-order valence-corrected chi connectivity index (χ0v) is 10.2. The van der Waals surface area contributed by atoms with Crippen molar-refractivity contribution in [3.63, 3.8) is 0 Å². The van der Waals surface area contributed by atoms with Gasteiger partial charge in [0.25, 0.3) is 0 Å². The van der Waals surface area contributed by atoms with E-state index in [1.54, 1.807) is 0 Å². The number of fused-ring (bicyclic) bond motifs is 1. The summed E-state index contributed by atoms with van der Waals surface area (Å²) >= 11 is 0. The van der Waals surface area contributed by atoms with Crippen molar-refractivity contribution < 1.29 is 4.74 Å². The van der Waals surface area contributed by atoms with Gasteiger partial charge in [-0.2, -0.15) is 0 Å². The summed E-state index contributed by atoms with van der Waals surface area (Å²) in [7, 11) is 0. The van der Waals surface area contributed by atoms with Gasteiger partial charge >= 0.3 is 0 Å². The van der Waals surface area contributed by atoms with Crippen LogP contribution in [0.25, 0.3) is 10.8 Å². The van der Waals surface area contributed by atoms with Gasteiger partial charge in [0.1, 0.15) is 5.75 Å². The lowest BCUT2D eigenvalue weighted by molar-refractivity contribution is 0.220. The van der Waals surface area contributed by atoms with Crippen molar-refractivity contribution in [2.45, 2.75) is 33.3 Å². The first-order valence-corrected chi connectivity index (χ1v) is 5.87. The van der Waals surface area contributed by atoms with Crippen LogP contribution in [0.2, 0.25) is 0 Å². The van der Waals surface area contributed by atoms with E-state index >= 15 is 0 Å². The van der Waals surface area contributed by atoms with E-state index in [-0.39, 0.29) is 6.10 Å². The monoisotopic (exact) mass is 214 g/mol. The van der Waals surface area contributed by atoms with Crippen LogP contribution in [0.15, 0.2) is 36.4 Å². The highest BCUT2D eigenvalue weighted by atomic mass is 16.5. The van der Waals surface area contributed by atoms with Crippen LogP contribution in [0.3, 0.4) is 0 Å². The first kappa shape index (κ1) is 11.0. The second-order valence-electron chi connectivity index (χ2n) is 4.26. The average Bonchev–Trinajstić information content (AvgIpc) is 2.33. The Kier molecular flexibility index (Phi) is 3.14. The summed E-state index contributed by atoms with van der Waals surface area (Å²) in [6, 6.07) is 12.6. The van der Waals surface area contributed by atoms with Crippen LogP contribution in [0.4, 0.5) is 0 Å². The maximum Gasteiger partial charge on any atom is 0.127 e. The largest absolute Gasteiger partial charge is 0.490 e. The molecule has 0 saturated heterocycles. The maximum atomic E-state index is 5.93. The first-order chi connectivity index (χ1) is 7.72. The number of hydrogen-bond donors (Lipinski definition) is 0. The number of ether oxygens (including phenoxy) is 1. The van der Waals surface area contributed by atoms with Crippen LogP contribution in [-0.4, -0.2) is 6.10 Å². The van der Waals surface area contributed by atoms with Gasteiger partial charge in [0.15, 0.2) is 0 Å². The fraction of sp³-hybridized carbons (Fsp3) is 0.333. The molecule has 0 radical (unpaired) electrons. The van der Waals surface area contributed by atoms with Crippen molar-refractivity contribution in [3.8, 4) is 5.75 Å². The zero-order valence-electron chi connectivity index (χ0n) is 10.2. The van der Waals surface area contributed by atoms with E-state index in [2.05, 4.69) is 57.2 Å². The molecule has 0 aliphatic rings. The molecule has 0 fully saturated rings. The molecule has 0 heterocycles. The van der Waals surface area contributed by atoms with Crippen LogP contribution < -0.4 is 4.74 Å². The molecule has 1 heteroatoms. The van der Waals surface area contributed by atoms with Crippen molar-refractivity contribution in [2.75, 3.05) is 0 Å². The molecule has 2 aromatic carbocycles. The van der Waals surface area contributed by atoms with Crippen LogP contribution in [-0.2, 0) is 0 Å². The predicted octanol–water partition coefficient (Wildman–Crippen LogP) is 4.33. The Morgan fingerprint density at radius 3 is 2.44 bits per heavy atom. The van der Waals surface area contributed by atoms with Crippen molar-refractivity contribution in [2.24, 2.45) is 0 Å². The van der Waals surface area contributed by atoms with Gasteiger partial charge in [-0.15, -0.1) is 0 Å². The topological polar surface area (TPSA) is 9.23 Å². The minimum Gasteiger partial charge on any atom is -0.490 e. The molecule has 0 saturated carbocycles. The lowest BCUT2D eigenvalue weighted by atomic mass is 10.0. The van der Waals surface area contributed by atoms with Gasteiger partial charge in [0.05, 0.1) is 6.10 Å². The fourth-order valence-electron chi connectivity index (χ4n) is 1.82. The number of aryl methyl sites for hydroxylation is 1. The maximum absolute atomic E-state index is 5.93. The van der Waals surface area contributed by atoms with Crippen molar-refractivity contribution in [1.29, 1.82) is 0 Å². The number of benzene rings is 2. The minimum atomic E-state index is 0.270. The summed E-state index contributed by atoms with van der Waals surface area (Å²) in [5.74, 6) is 0.996. The Labute approximate surface area is 97.1 Å². The molecule has 1 atom stereocenters. The van der Waals surface area contributed by atoms with E-state index in [1.807, 2.05) is 0 Å². The summed E-state index contributed by atoms with van der Waals surface area (Å²) in [5, 5.41) is 2.49. The Bertz CT molecular complexity index is 488. The molecule has 0 spiro atoms. The van der Waals surface area contributed by atoms with E-state index in [4.69, 9.17) is 4.74 Å². The molecule has 0 aromatic heterocycles. The Balaban J connectivity index is 2.50. The predicted molar refractivity (Wildman–Crippen MR) is 69.1 cm³/mol. The summed E-state index contributed by atoms with van der Waals surface area (Å²) < 4.78 is 5.93. The van der Waals surface area contributed by atoms with Crippen LogP contribution in [0.1, 0.15) is 25.8 Å². The van der Waals surface area contributed by atoms with Crippen LogP contribution in [0.5, 0.6) is 5.75 Å². The molecule has 0 aliphatic heterocycles. The summed E-state index contributed by atoms with van der Waals surface area (Å²) in [6.07, 6.45) is 1.30. The van der Waals surface area contributed by atoms with Crippen molar-refractivity contribution in [1.82, 2.24) is 0 Å². The second-order valence-corrected chi connectivity index (χ2v) is 4.26. The highest BCUT2D eigenvalue weighted by Gasteiger charge is 2.06. The van der Waals surface area contributed by atoms with E-state index in [0.717, 1.165) is 12.2 Å². The van der Waals surface area contributed by atoms with Gasteiger partial charge in [-0.05, 0) is 37.3 Å².